The van der Waals surface area contributed by atoms with E-state index in [-0.39, 0.29) is 0 Å². The zero-order chi connectivity index (χ0) is 22.3. The minimum absolute atomic E-state index is 0.384. The second-order valence-electron chi connectivity index (χ2n) is 5.82. The largest absolute Gasteiger partial charge is 0.863 e. The molecule has 30 heavy (non-hydrogen) atoms. The molecule has 2 aromatic carbocycles. The van der Waals surface area contributed by atoms with Crippen LogP contribution in [0.5, 0.6) is 5.75 Å². The molecule has 0 amide bonds. The molecule has 0 spiro atoms. The van der Waals surface area contributed by atoms with E-state index in [1.165, 1.54) is 5.56 Å². The number of nitro benzene ring substituents is 3. The van der Waals surface area contributed by atoms with E-state index >= 15 is 0 Å². The van der Waals surface area contributed by atoms with Crippen molar-refractivity contribution in [3.8, 4) is 5.75 Å². The molecular weight excluding hydrogens is 398 g/mol. The zero-order valence-electron chi connectivity index (χ0n) is 15.3. The molecule has 154 valence electrons. The molecule has 1 heterocycles. The Morgan fingerprint density at radius 3 is 1.80 bits per heavy atom. The van der Waals surface area contributed by atoms with Gasteiger partial charge in [0.05, 0.1) is 38.8 Å². The van der Waals surface area contributed by atoms with Crippen molar-refractivity contribution in [2.24, 2.45) is 0 Å². The van der Waals surface area contributed by atoms with Gasteiger partial charge in [-0.25, -0.2) is 4.57 Å². The minimum Gasteiger partial charge on any atom is -0.863 e. The second-order valence-corrected chi connectivity index (χ2v) is 5.82. The van der Waals surface area contributed by atoms with Gasteiger partial charge in [0, 0.05) is 6.07 Å². The van der Waals surface area contributed by atoms with Gasteiger partial charge in [0.1, 0.15) is 6.54 Å². The van der Waals surface area contributed by atoms with Crippen molar-refractivity contribution in [3.63, 3.8) is 0 Å². The van der Waals surface area contributed by atoms with Crippen molar-refractivity contribution in [1.82, 2.24) is 0 Å². The highest BCUT2D eigenvalue weighted by Gasteiger charge is 2.24. The average Bonchev–Trinajstić information content (AvgIpc) is 2.70. The number of nitrogens with zero attached hydrogens (tertiary/aromatic N) is 4. The summed E-state index contributed by atoms with van der Waals surface area (Å²) in [6, 6.07) is 16.9. The molecule has 0 radical (unpaired) electrons. The lowest BCUT2D eigenvalue weighted by Gasteiger charge is -2.06. The van der Waals surface area contributed by atoms with E-state index in [2.05, 4.69) is 12.1 Å². The fraction of sp³-hybridized carbons (Fsp3) is 0.0556. The predicted molar refractivity (Wildman–Crippen MR) is 102 cm³/mol. The first-order chi connectivity index (χ1) is 14.2. The van der Waals surface area contributed by atoms with Crippen molar-refractivity contribution in [1.29, 1.82) is 0 Å². The smallest absolute Gasteiger partial charge is 0.283 e. The van der Waals surface area contributed by atoms with E-state index in [1.54, 1.807) is 0 Å². The molecule has 0 bridgehead atoms. The molecule has 0 saturated carbocycles. The van der Waals surface area contributed by atoms with E-state index in [0.29, 0.717) is 12.1 Å². The van der Waals surface area contributed by atoms with Gasteiger partial charge < -0.3 is 5.11 Å². The van der Waals surface area contributed by atoms with Crippen LogP contribution in [0.3, 0.4) is 0 Å². The number of pyridine rings is 1. The third-order valence-electron chi connectivity index (χ3n) is 3.81. The normalized spacial score (nSPS) is 9.87. The number of nitrogen functional groups attached to an aromatic ring is 1. The quantitative estimate of drug-likeness (QED) is 0.374. The monoisotopic (exact) mass is 413 g/mol. The standard InChI is InChI=1S/C12H12N2.C6H3N3O7/c13-12-8-4-5-9-14(12)10-11-6-2-1-3-7-11;10-6-4(8(13)14)1-3(7(11)12)2-5(6)9(15)16/h1-9,13H,10H2;1-2,10H. The number of non-ortho nitro benzene ring substituents is 1. The Balaban J connectivity index is 0.000000215. The van der Waals surface area contributed by atoms with Crippen molar-refractivity contribution >= 4 is 22.9 Å². The summed E-state index contributed by atoms with van der Waals surface area (Å²) in [4.78, 5) is 27.5. The fourth-order valence-corrected chi connectivity index (χ4v) is 2.37. The lowest BCUT2D eigenvalue weighted by Crippen LogP contribution is -2.36. The van der Waals surface area contributed by atoms with Crippen LogP contribution < -0.4 is 15.4 Å². The summed E-state index contributed by atoms with van der Waals surface area (Å²) in [5.41, 5.74) is 3.83. The maximum atomic E-state index is 11.1. The highest BCUT2D eigenvalue weighted by atomic mass is 16.6. The third kappa shape index (κ3) is 5.45. The van der Waals surface area contributed by atoms with Crippen LogP contribution in [-0.4, -0.2) is 14.8 Å². The summed E-state index contributed by atoms with van der Waals surface area (Å²) in [6.07, 6.45) is 1.99. The molecule has 12 heteroatoms. The molecule has 0 aliphatic heterocycles. The van der Waals surface area contributed by atoms with Crippen LogP contribution in [0.2, 0.25) is 0 Å². The van der Waals surface area contributed by atoms with Crippen molar-refractivity contribution in [3.05, 3.63) is 103 Å². The number of hydrogen-bond acceptors (Lipinski definition) is 8. The molecule has 3 aromatic rings. The van der Waals surface area contributed by atoms with Crippen LogP contribution in [0.25, 0.3) is 0 Å². The van der Waals surface area contributed by atoms with Crippen molar-refractivity contribution in [2.75, 3.05) is 5.73 Å². The summed E-state index contributed by atoms with van der Waals surface area (Å²) >= 11 is 0. The number of nitro groups is 3. The van der Waals surface area contributed by atoms with Crippen LogP contribution in [0.15, 0.2) is 66.9 Å². The van der Waals surface area contributed by atoms with Gasteiger partial charge in [-0.1, -0.05) is 36.4 Å². The molecule has 1 aromatic heterocycles. The second kappa shape index (κ2) is 9.54. The Bertz CT molecular complexity index is 1050. The molecular formula is C18H15N5O7. The number of nitrogens with two attached hydrogens (primary N) is 1. The Morgan fingerprint density at radius 2 is 1.33 bits per heavy atom. The van der Waals surface area contributed by atoms with Gasteiger partial charge in [0.25, 0.3) is 22.9 Å². The molecule has 3 rings (SSSR count). The van der Waals surface area contributed by atoms with E-state index in [9.17, 15) is 35.4 Å². The zero-order valence-corrected chi connectivity index (χ0v) is 15.3. The molecule has 0 unspecified atom stereocenters. The van der Waals surface area contributed by atoms with Crippen LogP contribution in [0.4, 0.5) is 22.9 Å². The topological polar surface area (TPSA) is 182 Å². The maximum Gasteiger partial charge on any atom is 0.283 e. The lowest BCUT2D eigenvalue weighted by molar-refractivity contribution is -0.674. The molecule has 0 saturated heterocycles. The fourth-order valence-electron chi connectivity index (χ4n) is 2.37. The number of aromatic nitrogens is 1. The van der Waals surface area contributed by atoms with E-state index in [4.69, 9.17) is 5.73 Å². The summed E-state index contributed by atoms with van der Waals surface area (Å²) in [5, 5.41) is 42.1. The van der Waals surface area contributed by atoms with E-state index < -0.39 is 37.6 Å². The van der Waals surface area contributed by atoms with Crippen LogP contribution in [0.1, 0.15) is 5.56 Å². The van der Waals surface area contributed by atoms with E-state index in [0.717, 1.165) is 12.4 Å². The van der Waals surface area contributed by atoms with Gasteiger partial charge >= 0.3 is 0 Å². The van der Waals surface area contributed by atoms with Crippen molar-refractivity contribution in [2.45, 2.75) is 6.54 Å². The van der Waals surface area contributed by atoms with Gasteiger partial charge in [0.15, 0.2) is 0 Å². The first kappa shape index (κ1) is 21.7. The molecule has 0 aliphatic rings. The first-order valence-electron chi connectivity index (χ1n) is 8.26. The number of hydrogen-bond donors (Lipinski definition) is 1. The van der Waals surface area contributed by atoms with Gasteiger partial charge in [-0.15, -0.1) is 0 Å². The van der Waals surface area contributed by atoms with Gasteiger partial charge in [-0.05, 0) is 11.6 Å². The van der Waals surface area contributed by atoms with Crippen LogP contribution in [0, 0.1) is 30.3 Å². The average molecular weight is 413 g/mol. The predicted octanol–water partition coefficient (Wildman–Crippen LogP) is 2.09. The summed E-state index contributed by atoms with van der Waals surface area (Å²) in [7, 11) is 0. The Labute approximate surface area is 168 Å². The van der Waals surface area contributed by atoms with E-state index in [1.807, 2.05) is 47.2 Å². The van der Waals surface area contributed by atoms with Crippen LogP contribution in [-0.2, 0) is 6.54 Å². The maximum absolute atomic E-state index is 11.1. The molecule has 0 atom stereocenters. The van der Waals surface area contributed by atoms with Gasteiger partial charge in [0.2, 0.25) is 0 Å². The molecule has 0 fully saturated rings. The molecule has 12 nitrogen and oxygen atoms in total. The summed E-state index contributed by atoms with van der Waals surface area (Å²) in [6.45, 7) is 0.827. The summed E-state index contributed by atoms with van der Waals surface area (Å²) < 4.78 is 2.02. The highest BCUT2D eigenvalue weighted by molar-refractivity contribution is 5.64. The Hall–Kier alpha value is -4.61. The van der Waals surface area contributed by atoms with Crippen LogP contribution >= 0.6 is 0 Å². The SMILES string of the molecule is Nc1cccc[n+]1Cc1ccccc1.O=[N+]([O-])c1cc([N+](=O)[O-])c([O-])c([N+](=O)[O-])c1. The van der Waals surface area contributed by atoms with Gasteiger partial charge in [-0.3, -0.25) is 36.1 Å². The number of anilines is 1. The minimum atomic E-state index is -1.46. The first-order valence-corrected chi connectivity index (χ1v) is 8.26. The van der Waals surface area contributed by atoms with Gasteiger partial charge in [-0.2, -0.15) is 0 Å². The summed E-state index contributed by atoms with van der Waals surface area (Å²) in [5.74, 6) is -0.669. The molecule has 0 aliphatic carbocycles. The Kier molecular flexibility index (Phi) is 6.90. The highest BCUT2D eigenvalue weighted by Crippen LogP contribution is 2.36. The lowest BCUT2D eigenvalue weighted by atomic mass is 10.2. The third-order valence-corrected chi connectivity index (χ3v) is 3.81. The van der Waals surface area contributed by atoms with Crippen molar-refractivity contribution < 1.29 is 24.4 Å². The molecule has 2 N–H and O–H groups in total. The Morgan fingerprint density at radius 1 is 0.800 bits per heavy atom. The number of rotatable bonds is 5. The number of benzene rings is 2.